The zero-order chi connectivity index (χ0) is 26.2. The Morgan fingerprint density at radius 2 is 1.83 bits per heavy atom. The van der Waals surface area contributed by atoms with Crippen molar-refractivity contribution >= 4 is 46.1 Å². The molecule has 7 nitrogen and oxygen atoms in total. The number of nitrogens with zero attached hydrogens (tertiary/aromatic N) is 1. The second-order valence-electron chi connectivity index (χ2n) is 8.36. The normalized spacial score (nSPS) is 14.8. The molecule has 3 N–H and O–H groups in total. The average Bonchev–Trinajstić information content (AvgIpc) is 2.83. The lowest BCUT2D eigenvalue weighted by Gasteiger charge is -2.30. The van der Waals surface area contributed by atoms with Crippen LogP contribution in [0, 0.1) is 5.92 Å². The molecule has 12 heteroatoms. The van der Waals surface area contributed by atoms with E-state index in [1.165, 1.54) is 23.1 Å². The number of carboxylic acids is 1. The smallest absolute Gasteiger partial charge is 0.416 e. The van der Waals surface area contributed by atoms with E-state index in [-0.39, 0.29) is 62.4 Å². The number of aromatic hydroxyl groups is 1. The lowest BCUT2D eigenvalue weighted by molar-refractivity contribution is -0.145. The van der Waals surface area contributed by atoms with E-state index in [4.69, 9.17) is 16.7 Å². The molecule has 0 saturated carbocycles. The van der Waals surface area contributed by atoms with Gasteiger partial charge in [-0.05, 0) is 49.2 Å². The van der Waals surface area contributed by atoms with Crippen LogP contribution in [0.4, 0.5) is 13.2 Å². The van der Waals surface area contributed by atoms with Crippen molar-refractivity contribution in [2.24, 2.45) is 5.92 Å². The standard InChI is InChI=1S/C24H20ClF3N2O5S/c25-14-2-4-18(31)16(10-14)20-15-9-13(24(26,27)28)1-3-17(15)29-22(33)21(20)36-11-19(32)30-7-5-12(6-8-30)23(34)35/h1-4,9-10,12,31H,5-8,11H2,(H,29,33)(H,34,35). The summed E-state index contributed by atoms with van der Waals surface area (Å²) in [6, 6.07) is 6.86. The summed E-state index contributed by atoms with van der Waals surface area (Å²) < 4.78 is 40.4. The van der Waals surface area contributed by atoms with Crippen LogP contribution < -0.4 is 5.56 Å². The number of amides is 1. The van der Waals surface area contributed by atoms with E-state index in [0.29, 0.717) is 12.8 Å². The maximum Gasteiger partial charge on any atom is 0.416 e. The molecule has 0 atom stereocenters. The summed E-state index contributed by atoms with van der Waals surface area (Å²) >= 11 is 6.92. The van der Waals surface area contributed by atoms with Crippen molar-refractivity contribution in [3.8, 4) is 16.9 Å². The number of carboxylic acid groups (broad SMARTS) is 1. The number of benzene rings is 2. The minimum absolute atomic E-state index is 0.0270. The highest BCUT2D eigenvalue weighted by molar-refractivity contribution is 8.00. The molecule has 1 amide bonds. The van der Waals surface area contributed by atoms with E-state index in [0.717, 1.165) is 30.0 Å². The van der Waals surface area contributed by atoms with Gasteiger partial charge in [0.2, 0.25) is 5.91 Å². The van der Waals surface area contributed by atoms with Gasteiger partial charge >= 0.3 is 12.1 Å². The summed E-state index contributed by atoms with van der Waals surface area (Å²) in [4.78, 5) is 41.0. The van der Waals surface area contributed by atoms with Gasteiger partial charge in [-0.15, -0.1) is 11.8 Å². The number of aromatic nitrogens is 1. The number of aliphatic carboxylic acids is 1. The third kappa shape index (κ3) is 5.31. The second kappa shape index (κ2) is 10.1. The van der Waals surface area contributed by atoms with E-state index in [1.54, 1.807) is 0 Å². The summed E-state index contributed by atoms with van der Waals surface area (Å²) in [5.41, 5.74) is -1.39. The first-order valence-electron chi connectivity index (χ1n) is 10.8. The van der Waals surface area contributed by atoms with Crippen molar-refractivity contribution < 1.29 is 33.0 Å². The maximum absolute atomic E-state index is 13.5. The quantitative estimate of drug-likeness (QED) is 0.393. The fourth-order valence-corrected chi connectivity index (χ4v) is 5.33. The van der Waals surface area contributed by atoms with E-state index < -0.39 is 29.2 Å². The minimum atomic E-state index is -4.65. The topological polar surface area (TPSA) is 111 Å². The van der Waals surface area contributed by atoms with Crippen LogP contribution in [-0.2, 0) is 15.8 Å². The second-order valence-corrected chi connectivity index (χ2v) is 9.78. The molecule has 1 aromatic heterocycles. The molecule has 4 rings (SSSR count). The number of likely N-dealkylation sites (tertiary alicyclic amines) is 1. The van der Waals surface area contributed by atoms with Crippen LogP contribution in [0.1, 0.15) is 18.4 Å². The van der Waals surface area contributed by atoms with Gasteiger partial charge in [0.1, 0.15) is 5.75 Å². The summed E-state index contributed by atoms with van der Waals surface area (Å²) in [5.74, 6) is -2.28. The number of thioether (sulfide) groups is 1. The van der Waals surface area contributed by atoms with Crippen LogP contribution in [0.15, 0.2) is 46.1 Å². The minimum Gasteiger partial charge on any atom is -0.507 e. The number of H-pyrrole nitrogens is 1. The summed E-state index contributed by atoms with van der Waals surface area (Å²) in [7, 11) is 0. The summed E-state index contributed by atoms with van der Waals surface area (Å²) in [5, 5.41) is 19.9. The SMILES string of the molecule is O=C(O)C1CCN(C(=O)CSc2c(-c3cc(Cl)ccc3O)c3cc(C(F)(F)F)ccc3[nH]c2=O)CC1. The predicted molar refractivity (Wildman–Crippen MR) is 129 cm³/mol. The van der Waals surface area contributed by atoms with Gasteiger partial charge < -0.3 is 20.1 Å². The van der Waals surface area contributed by atoms with Crippen molar-refractivity contribution in [2.45, 2.75) is 23.9 Å². The number of carbonyl (C=O) groups is 2. The number of carbonyl (C=O) groups excluding carboxylic acids is 1. The highest BCUT2D eigenvalue weighted by Gasteiger charge is 2.32. The Bertz CT molecular complexity index is 1400. The first-order valence-corrected chi connectivity index (χ1v) is 12.2. The van der Waals surface area contributed by atoms with Gasteiger partial charge in [0.15, 0.2) is 0 Å². The Labute approximate surface area is 211 Å². The van der Waals surface area contributed by atoms with Crippen LogP contribution in [-0.4, -0.2) is 50.8 Å². The lowest BCUT2D eigenvalue weighted by Crippen LogP contribution is -2.41. The van der Waals surface area contributed by atoms with Crippen molar-refractivity contribution in [1.29, 1.82) is 0 Å². The molecule has 2 aromatic carbocycles. The number of fused-ring (bicyclic) bond motifs is 1. The molecule has 190 valence electrons. The van der Waals surface area contributed by atoms with Crippen LogP contribution in [0.3, 0.4) is 0 Å². The van der Waals surface area contributed by atoms with Crippen molar-refractivity contribution in [1.82, 2.24) is 9.88 Å². The summed E-state index contributed by atoms with van der Waals surface area (Å²) in [6.07, 6.45) is -4.03. The number of phenols is 1. The van der Waals surface area contributed by atoms with Gasteiger partial charge in [0, 0.05) is 40.1 Å². The van der Waals surface area contributed by atoms with E-state index in [9.17, 15) is 32.7 Å². The zero-order valence-electron chi connectivity index (χ0n) is 18.6. The molecule has 2 heterocycles. The Kier molecular flexibility index (Phi) is 7.24. The number of alkyl halides is 3. The lowest BCUT2D eigenvalue weighted by atomic mass is 9.97. The number of piperidine rings is 1. The van der Waals surface area contributed by atoms with Crippen molar-refractivity contribution in [3.05, 3.63) is 57.3 Å². The maximum atomic E-state index is 13.5. The third-order valence-electron chi connectivity index (χ3n) is 6.06. The van der Waals surface area contributed by atoms with Gasteiger partial charge in [0.25, 0.3) is 5.56 Å². The van der Waals surface area contributed by atoms with Crippen LogP contribution in [0.5, 0.6) is 5.75 Å². The first kappa shape index (κ1) is 25.9. The number of pyridine rings is 1. The Morgan fingerprint density at radius 1 is 1.14 bits per heavy atom. The largest absolute Gasteiger partial charge is 0.507 e. The highest BCUT2D eigenvalue weighted by Crippen LogP contribution is 2.42. The molecule has 1 aliphatic rings. The number of rotatable bonds is 5. The molecule has 36 heavy (non-hydrogen) atoms. The number of hydrogen-bond donors (Lipinski definition) is 3. The van der Waals surface area contributed by atoms with Crippen LogP contribution in [0.25, 0.3) is 22.0 Å². The molecule has 0 radical (unpaired) electrons. The number of halogens is 4. The van der Waals surface area contributed by atoms with Gasteiger partial charge in [-0.1, -0.05) is 11.6 Å². The molecule has 0 aliphatic carbocycles. The van der Waals surface area contributed by atoms with Crippen molar-refractivity contribution in [3.63, 3.8) is 0 Å². The van der Waals surface area contributed by atoms with Crippen LogP contribution in [0.2, 0.25) is 5.02 Å². The van der Waals surface area contributed by atoms with E-state index in [1.807, 2.05) is 0 Å². The van der Waals surface area contributed by atoms with Gasteiger partial charge in [0.05, 0.1) is 22.1 Å². The zero-order valence-corrected chi connectivity index (χ0v) is 20.1. The molecule has 0 bridgehead atoms. The van der Waals surface area contributed by atoms with E-state index >= 15 is 0 Å². The van der Waals surface area contributed by atoms with E-state index in [2.05, 4.69) is 4.98 Å². The third-order valence-corrected chi connectivity index (χ3v) is 7.37. The molecule has 0 spiro atoms. The van der Waals surface area contributed by atoms with Gasteiger partial charge in [-0.2, -0.15) is 13.2 Å². The highest BCUT2D eigenvalue weighted by atomic mass is 35.5. The first-order chi connectivity index (χ1) is 17.0. The fraction of sp³-hybridized carbons (Fsp3) is 0.292. The van der Waals surface area contributed by atoms with Gasteiger partial charge in [-0.25, -0.2) is 0 Å². The Morgan fingerprint density at radius 3 is 2.47 bits per heavy atom. The predicted octanol–water partition coefficient (Wildman–Crippen LogP) is 4.99. The number of aromatic amines is 1. The molecule has 3 aromatic rings. The molecule has 0 unspecified atom stereocenters. The number of phenolic OH excluding ortho intramolecular Hbond substituents is 1. The Hall–Kier alpha value is -3.18. The van der Waals surface area contributed by atoms with Crippen molar-refractivity contribution in [2.75, 3.05) is 18.8 Å². The monoisotopic (exact) mass is 540 g/mol. The molecule has 1 aliphatic heterocycles. The summed E-state index contributed by atoms with van der Waals surface area (Å²) in [6.45, 7) is 0.503. The molecule has 1 saturated heterocycles. The Balaban J connectivity index is 1.76. The number of hydrogen-bond acceptors (Lipinski definition) is 5. The molecular formula is C24H20ClF3N2O5S. The fourth-order valence-electron chi connectivity index (χ4n) is 4.17. The van der Waals surface area contributed by atoms with Gasteiger partial charge in [-0.3, -0.25) is 14.4 Å². The van der Waals surface area contributed by atoms with Crippen LogP contribution >= 0.6 is 23.4 Å². The molecule has 1 fully saturated rings. The number of nitrogens with one attached hydrogen (secondary N) is 1. The molecular weight excluding hydrogens is 521 g/mol. The average molecular weight is 541 g/mol.